The van der Waals surface area contributed by atoms with Crippen molar-refractivity contribution in [3.05, 3.63) is 28.8 Å². The van der Waals surface area contributed by atoms with Crippen molar-refractivity contribution < 1.29 is 19.8 Å². The Bertz CT molecular complexity index is 540. The molecule has 0 saturated heterocycles. The van der Waals surface area contributed by atoms with E-state index in [-0.39, 0.29) is 17.1 Å². The molecular weight excluding hydrogens is 296 g/mol. The molecule has 0 unspecified atom stereocenters. The summed E-state index contributed by atoms with van der Waals surface area (Å²) in [6.45, 7) is 5.57. The average Bonchev–Trinajstić information content (AvgIpc) is 2.36. The molecule has 1 rings (SSSR count). The third kappa shape index (κ3) is 5.24. The lowest BCUT2D eigenvalue weighted by atomic mass is 10.1. The van der Waals surface area contributed by atoms with Gasteiger partial charge in [0.25, 0.3) is 0 Å². The maximum atomic E-state index is 12.1. The molecule has 7 heteroatoms. The Labute approximate surface area is 128 Å². The quantitative estimate of drug-likeness (QED) is 0.779. The molecule has 0 fully saturated rings. The molecule has 0 spiro atoms. The van der Waals surface area contributed by atoms with Gasteiger partial charge in [-0.15, -0.1) is 0 Å². The van der Waals surface area contributed by atoms with Crippen LogP contribution >= 0.6 is 11.6 Å². The molecule has 1 aromatic rings. The summed E-state index contributed by atoms with van der Waals surface area (Å²) in [5, 5.41) is 21.5. The molecule has 3 N–H and O–H groups in total. The van der Waals surface area contributed by atoms with Crippen LogP contribution in [0.3, 0.4) is 0 Å². The number of carboxylic acids is 1. The van der Waals surface area contributed by atoms with E-state index >= 15 is 0 Å². The molecule has 0 aromatic heterocycles. The molecule has 0 heterocycles. The topological polar surface area (TPSA) is 89.9 Å². The van der Waals surface area contributed by atoms with Crippen LogP contribution in [0.2, 0.25) is 5.02 Å². The average molecular weight is 315 g/mol. The number of anilines is 1. The first kappa shape index (κ1) is 17.3. The van der Waals surface area contributed by atoms with E-state index in [0.717, 1.165) is 0 Å². The van der Waals surface area contributed by atoms with E-state index in [1.807, 2.05) is 0 Å². The molecule has 0 aliphatic carbocycles. The lowest BCUT2D eigenvalue weighted by Crippen LogP contribution is -2.44. The van der Waals surface area contributed by atoms with E-state index in [0.29, 0.717) is 12.2 Å². The summed E-state index contributed by atoms with van der Waals surface area (Å²) in [6.07, 6.45) is 0. The number of halogens is 1. The van der Waals surface area contributed by atoms with Gasteiger partial charge in [0, 0.05) is 12.2 Å². The molecule has 0 radical (unpaired) electrons. The molecular formula is C14H19ClN2O4. The minimum atomic E-state index is -1.17. The molecule has 0 aliphatic rings. The number of rotatable bonds is 5. The number of hydrogen-bond acceptors (Lipinski definition) is 3. The number of nitrogens with zero attached hydrogens (tertiary/aromatic N) is 1. The predicted molar refractivity (Wildman–Crippen MR) is 81.0 cm³/mol. The van der Waals surface area contributed by atoms with Crippen LogP contribution < -0.4 is 5.32 Å². The summed E-state index contributed by atoms with van der Waals surface area (Å²) >= 11 is 5.77. The number of likely N-dealkylation sites (N-methyl/N-ethyl adjacent to an activating group) is 1. The molecule has 2 amide bonds. The highest BCUT2D eigenvalue weighted by atomic mass is 35.5. The molecule has 116 valence electrons. The van der Waals surface area contributed by atoms with Gasteiger partial charge in [-0.05, 0) is 39.0 Å². The Morgan fingerprint density at radius 2 is 2.00 bits per heavy atom. The first-order valence-corrected chi connectivity index (χ1v) is 6.83. The van der Waals surface area contributed by atoms with Crippen LogP contribution in [0.1, 0.15) is 31.1 Å². The highest BCUT2D eigenvalue weighted by Gasteiger charge is 2.21. The van der Waals surface area contributed by atoms with Crippen molar-refractivity contribution in [2.75, 3.05) is 18.4 Å². The standard InChI is InChI=1S/C14H19ClN2O4/c1-4-17(8-14(2,3)21)13(20)16-9-5-6-11(15)10(7-9)12(18)19/h5-7,21H,4,8H2,1-3H3,(H,16,20)(H,18,19). The zero-order valence-electron chi connectivity index (χ0n) is 12.2. The van der Waals surface area contributed by atoms with Crippen molar-refractivity contribution in [3.63, 3.8) is 0 Å². The largest absolute Gasteiger partial charge is 0.478 e. The van der Waals surface area contributed by atoms with Crippen LogP contribution in [0.4, 0.5) is 10.5 Å². The number of aromatic carboxylic acids is 1. The van der Waals surface area contributed by atoms with Crippen molar-refractivity contribution in [1.29, 1.82) is 0 Å². The number of nitrogens with one attached hydrogen (secondary N) is 1. The maximum Gasteiger partial charge on any atom is 0.337 e. The van der Waals surface area contributed by atoms with E-state index in [4.69, 9.17) is 16.7 Å². The molecule has 1 aromatic carbocycles. The van der Waals surface area contributed by atoms with Crippen LogP contribution in [0.5, 0.6) is 0 Å². The maximum absolute atomic E-state index is 12.1. The Morgan fingerprint density at radius 1 is 1.38 bits per heavy atom. The lowest BCUT2D eigenvalue weighted by Gasteiger charge is -2.28. The molecule has 0 aliphatic heterocycles. The van der Waals surface area contributed by atoms with Gasteiger partial charge in [0.15, 0.2) is 0 Å². The first-order chi connectivity index (χ1) is 9.64. The van der Waals surface area contributed by atoms with Gasteiger partial charge in [-0.25, -0.2) is 9.59 Å². The number of carboxylic acid groups (broad SMARTS) is 1. The molecule has 21 heavy (non-hydrogen) atoms. The van der Waals surface area contributed by atoms with Crippen LogP contribution in [-0.2, 0) is 0 Å². The number of amides is 2. The summed E-state index contributed by atoms with van der Waals surface area (Å²) in [7, 11) is 0. The van der Waals surface area contributed by atoms with Crippen LogP contribution in [0.25, 0.3) is 0 Å². The minimum Gasteiger partial charge on any atom is -0.478 e. The van der Waals surface area contributed by atoms with E-state index in [9.17, 15) is 14.7 Å². The summed E-state index contributed by atoms with van der Waals surface area (Å²) in [6, 6.07) is 3.80. The second-order valence-corrected chi connectivity index (χ2v) is 5.66. The van der Waals surface area contributed by atoms with Gasteiger partial charge in [0.2, 0.25) is 0 Å². The van der Waals surface area contributed by atoms with Gasteiger partial charge >= 0.3 is 12.0 Å². The van der Waals surface area contributed by atoms with Gasteiger partial charge in [0.1, 0.15) is 0 Å². The summed E-state index contributed by atoms with van der Waals surface area (Å²) in [5.41, 5.74) is -0.768. The number of aliphatic hydroxyl groups is 1. The van der Waals surface area contributed by atoms with Crippen molar-refractivity contribution in [3.8, 4) is 0 Å². The second-order valence-electron chi connectivity index (χ2n) is 5.26. The van der Waals surface area contributed by atoms with Crippen LogP contribution in [0.15, 0.2) is 18.2 Å². The van der Waals surface area contributed by atoms with Gasteiger partial charge < -0.3 is 20.4 Å². The van der Waals surface area contributed by atoms with Crippen molar-refractivity contribution in [1.82, 2.24) is 4.90 Å². The fourth-order valence-electron chi connectivity index (χ4n) is 1.76. The second kappa shape index (κ2) is 6.78. The molecule has 0 saturated carbocycles. The SMILES string of the molecule is CCN(CC(C)(C)O)C(=O)Nc1ccc(Cl)c(C(=O)O)c1. The van der Waals surface area contributed by atoms with E-state index in [2.05, 4.69) is 5.32 Å². The first-order valence-electron chi connectivity index (χ1n) is 6.45. The fourth-order valence-corrected chi connectivity index (χ4v) is 1.96. The number of carbonyl (C=O) groups excluding carboxylic acids is 1. The number of urea groups is 1. The van der Waals surface area contributed by atoms with Gasteiger partial charge in [0.05, 0.1) is 22.7 Å². The Hall–Kier alpha value is -1.79. The summed E-state index contributed by atoms with van der Waals surface area (Å²) < 4.78 is 0. The third-order valence-electron chi connectivity index (χ3n) is 2.69. The number of hydrogen-bond donors (Lipinski definition) is 3. The smallest absolute Gasteiger partial charge is 0.337 e. The summed E-state index contributed by atoms with van der Waals surface area (Å²) in [4.78, 5) is 24.5. The van der Waals surface area contributed by atoms with Crippen molar-refractivity contribution >= 4 is 29.3 Å². The van der Waals surface area contributed by atoms with Gasteiger partial charge in [-0.2, -0.15) is 0 Å². The third-order valence-corrected chi connectivity index (χ3v) is 3.02. The fraction of sp³-hybridized carbons (Fsp3) is 0.429. The summed E-state index contributed by atoms with van der Waals surface area (Å²) in [5.74, 6) is -1.17. The van der Waals surface area contributed by atoms with Crippen LogP contribution in [0, 0.1) is 0 Å². The monoisotopic (exact) mass is 314 g/mol. The highest BCUT2D eigenvalue weighted by Crippen LogP contribution is 2.21. The van der Waals surface area contributed by atoms with E-state index < -0.39 is 17.6 Å². The van der Waals surface area contributed by atoms with Gasteiger partial charge in [-0.3, -0.25) is 0 Å². The minimum absolute atomic E-state index is 0.0833. The van der Waals surface area contributed by atoms with E-state index in [1.165, 1.54) is 23.1 Å². The molecule has 6 nitrogen and oxygen atoms in total. The molecule has 0 atom stereocenters. The van der Waals surface area contributed by atoms with Crippen molar-refractivity contribution in [2.45, 2.75) is 26.4 Å². The number of carbonyl (C=O) groups is 2. The zero-order valence-corrected chi connectivity index (χ0v) is 12.9. The Balaban J connectivity index is 2.87. The van der Waals surface area contributed by atoms with Crippen molar-refractivity contribution in [2.24, 2.45) is 0 Å². The van der Waals surface area contributed by atoms with Crippen LogP contribution in [-0.4, -0.2) is 45.8 Å². The Morgan fingerprint density at radius 3 is 2.48 bits per heavy atom. The van der Waals surface area contributed by atoms with E-state index in [1.54, 1.807) is 20.8 Å². The van der Waals surface area contributed by atoms with Gasteiger partial charge in [-0.1, -0.05) is 11.6 Å². The Kier molecular flexibility index (Phi) is 5.57. The number of benzene rings is 1. The molecule has 0 bridgehead atoms. The normalized spacial score (nSPS) is 11.1. The lowest BCUT2D eigenvalue weighted by molar-refractivity contribution is 0.0501. The zero-order chi connectivity index (χ0) is 16.2. The predicted octanol–water partition coefficient (Wildman–Crippen LogP) is 2.66. The highest BCUT2D eigenvalue weighted by molar-refractivity contribution is 6.33.